The molecule has 5 aromatic rings. The number of thiophene rings is 1. The first-order valence-electron chi connectivity index (χ1n) is 10.6. The molecule has 0 bridgehead atoms. The Morgan fingerprint density at radius 3 is 2.62 bits per heavy atom. The Kier molecular flexibility index (Phi) is 4.81. The van der Waals surface area contributed by atoms with Gasteiger partial charge in [0.05, 0.1) is 11.1 Å². The zero-order chi connectivity index (χ0) is 21.5. The van der Waals surface area contributed by atoms with Gasteiger partial charge in [-0.15, -0.1) is 11.3 Å². The molecule has 160 valence electrons. The largest absolute Gasteiger partial charge is 0.353 e. The summed E-state index contributed by atoms with van der Waals surface area (Å²) in [7, 11) is 0. The molecule has 1 aromatic carbocycles. The van der Waals surface area contributed by atoms with Gasteiger partial charge in [-0.05, 0) is 29.8 Å². The van der Waals surface area contributed by atoms with Crippen molar-refractivity contribution in [3.05, 3.63) is 78.1 Å². The molecular weight excluding hydrogens is 423 g/mol. The quantitative estimate of drug-likeness (QED) is 0.409. The van der Waals surface area contributed by atoms with Crippen molar-refractivity contribution < 1.29 is 4.39 Å². The van der Waals surface area contributed by atoms with Gasteiger partial charge < -0.3 is 9.30 Å². The van der Waals surface area contributed by atoms with E-state index in [4.69, 9.17) is 4.98 Å². The van der Waals surface area contributed by atoms with Crippen LogP contribution in [-0.2, 0) is 6.54 Å². The van der Waals surface area contributed by atoms with Crippen molar-refractivity contribution in [3.63, 3.8) is 0 Å². The summed E-state index contributed by atoms with van der Waals surface area (Å²) in [5.41, 5.74) is 4.12. The topological polar surface area (TPSA) is 49.6 Å². The minimum Gasteiger partial charge on any atom is -0.353 e. The van der Waals surface area contributed by atoms with Crippen molar-refractivity contribution in [2.24, 2.45) is 0 Å². The molecule has 1 aliphatic heterocycles. The highest BCUT2D eigenvalue weighted by molar-refractivity contribution is 7.17. The number of halogens is 1. The van der Waals surface area contributed by atoms with Crippen LogP contribution in [0, 0.1) is 5.82 Å². The van der Waals surface area contributed by atoms with Crippen molar-refractivity contribution >= 4 is 33.0 Å². The molecule has 0 spiro atoms. The van der Waals surface area contributed by atoms with E-state index in [0.29, 0.717) is 0 Å². The maximum absolute atomic E-state index is 13.4. The molecule has 1 fully saturated rings. The van der Waals surface area contributed by atoms with Crippen molar-refractivity contribution in [3.8, 4) is 11.1 Å². The molecule has 0 saturated carbocycles. The monoisotopic (exact) mass is 444 g/mol. The van der Waals surface area contributed by atoms with Crippen molar-refractivity contribution in [2.75, 3.05) is 31.1 Å². The van der Waals surface area contributed by atoms with Crippen LogP contribution in [-0.4, -0.2) is 50.4 Å². The summed E-state index contributed by atoms with van der Waals surface area (Å²) in [4.78, 5) is 19.6. The lowest BCUT2D eigenvalue weighted by Crippen LogP contribution is -2.46. The van der Waals surface area contributed by atoms with Crippen LogP contribution in [0.15, 0.2) is 66.6 Å². The molecule has 1 aliphatic rings. The molecule has 8 heteroatoms. The predicted molar refractivity (Wildman–Crippen MR) is 125 cm³/mol. The number of fused-ring (bicyclic) bond motifs is 2. The summed E-state index contributed by atoms with van der Waals surface area (Å²) in [5.74, 6) is 0.731. The van der Waals surface area contributed by atoms with E-state index in [0.717, 1.165) is 71.2 Å². The fourth-order valence-electron chi connectivity index (χ4n) is 4.35. The lowest BCUT2D eigenvalue weighted by Gasteiger charge is -2.35. The maximum atomic E-state index is 13.4. The van der Waals surface area contributed by atoms with Crippen LogP contribution in [0.1, 0.15) is 5.69 Å². The SMILES string of the molecule is Fc1ccc(-c2csc3ncnc(N4CCN(Cc5cn6ccccc6n5)CC4)c23)cc1. The second kappa shape index (κ2) is 7.96. The smallest absolute Gasteiger partial charge is 0.141 e. The van der Waals surface area contributed by atoms with Gasteiger partial charge in [-0.25, -0.2) is 19.3 Å². The van der Waals surface area contributed by atoms with Gasteiger partial charge in [-0.2, -0.15) is 0 Å². The van der Waals surface area contributed by atoms with E-state index >= 15 is 0 Å². The molecule has 0 atom stereocenters. The molecule has 6 rings (SSSR count). The molecule has 0 radical (unpaired) electrons. The Morgan fingerprint density at radius 2 is 1.81 bits per heavy atom. The van der Waals surface area contributed by atoms with Gasteiger partial charge in [0, 0.05) is 56.1 Å². The van der Waals surface area contributed by atoms with Gasteiger partial charge in [-0.1, -0.05) is 18.2 Å². The third kappa shape index (κ3) is 3.51. The molecular formula is C24H21FN6S. The van der Waals surface area contributed by atoms with E-state index < -0.39 is 0 Å². The van der Waals surface area contributed by atoms with Crippen molar-refractivity contribution in [1.29, 1.82) is 0 Å². The number of benzene rings is 1. The Morgan fingerprint density at radius 1 is 0.969 bits per heavy atom. The number of nitrogens with zero attached hydrogens (tertiary/aromatic N) is 6. The van der Waals surface area contributed by atoms with Crippen LogP contribution in [0.5, 0.6) is 0 Å². The average Bonchev–Trinajstić information content (AvgIpc) is 3.44. The zero-order valence-corrected chi connectivity index (χ0v) is 18.2. The minimum atomic E-state index is -0.230. The van der Waals surface area contributed by atoms with Crippen LogP contribution < -0.4 is 4.90 Å². The Hall–Kier alpha value is -3.36. The summed E-state index contributed by atoms with van der Waals surface area (Å²) in [6.45, 7) is 4.50. The van der Waals surface area contributed by atoms with E-state index in [-0.39, 0.29) is 5.82 Å². The maximum Gasteiger partial charge on any atom is 0.141 e. The van der Waals surface area contributed by atoms with Gasteiger partial charge in [0.25, 0.3) is 0 Å². The summed E-state index contributed by atoms with van der Waals surface area (Å²) in [6.07, 6.45) is 5.78. The molecule has 4 aromatic heterocycles. The van der Waals surface area contributed by atoms with Crippen LogP contribution in [0.25, 0.3) is 27.0 Å². The van der Waals surface area contributed by atoms with Gasteiger partial charge in [-0.3, -0.25) is 4.90 Å². The summed E-state index contributed by atoms with van der Waals surface area (Å²) in [5, 5.41) is 3.15. The standard InChI is InChI=1S/C24H21FN6S/c25-18-6-4-17(5-7-18)20-15-32-24-22(20)23(26-16-27-24)30-11-9-29(10-12-30)13-19-14-31-8-2-1-3-21(31)28-19/h1-8,14-16H,9-13H2. The molecule has 32 heavy (non-hydrogen) atoms. The summed E-state index contributed by atoms with van der Waals surface area (Å²) >= 11 is 1.60. The molecule has 0 unspecified atom stereocenters. The number of rotatable bonds is 4. The molecule has 0 N–H and O–H groups in total. The van der Waals surface area contributed by atoms with Gasteiger partial charge in [0.1, 0.15) is 28.4 Å². The molecule has 0 amide bonds. The third-order valence-corrected chi connectivity index (χ3v) is 6.86. The predicted octanol–water partition coefficient (Wildman–Crippen LogP) is 4.47. The minimum absolute atomic E-state index is 0.230. The summed E-state index contributed by atoms with van der Waals surface area (Å²) in [6, 6.07) is 12.7. The van der Waals surface area contributed by atoms with Gasteiger partial charge >= 0.3 is 0 Å². The van der Waals surface area contributed by atoms with Crippen LogP contribution in [0.2, 0.25) is 0 Å². The zero-order valence-electron chi connectivity index (χ0n) is 17.4. The van der Waals surface area contributed by atoms with E-state index in [1.54, 1.807) is 17.7 Å². The van der Waals surface area contributed by atoms with Crippen LogP contribution in [0.3, 0.4) is 0 Å². The number of imidazole rings is 1. The first-order chi connectivity index (χ1) is 15.7. The van der Waals surface area contributed by atoms with E-state index in [1.807, 2.05) is 36.5 Å². The van der Waals surface area contributed by atoms with Crippen LogP contribution >= 0.6 is 11.3 Å². The van der Waals surface area contributed by atoms with Gasteiger partial charge in [0.15, 0.2) is 0 Å². The highest BCUT2D eigenvalue weighted by atomic mass is 32.1. The highest BCUT2D eigenvalue weighted by Crippen LogP contribution is 2.38. The molecule has 0 aliphatic carbocycles. The Labute approximate surface area is 188 Å². The fraction of sp³-hybridized carbons (Fsp3) is 0.208. The second-order valence-corrected chi connectivity index (χ2v) is 8.85. The van der Waals surface area contributed by atoms with E-state index in [1.165, 1.54) is 12.1 Å². The number of pyridine rings is 1. The number of anilines is 1. The van der Waals surface area contributed by atoms with E-state index in [9.17, 15) is 4.39 Å². The first kappa shape index (κ1) is 19.3. The van der Waals surface area contributed by atoms with Crippen molar-refractivity contribution in [2.45, 2.75) is 6.54 Å². The summed E-state index contributed by atoms with van der Waals surface area (Å²) < 4.78 is 15.5. The van der Waals surface area contributed by atoms with E-state index in [2.05, 4.69) is 35.7 Å². The van der Waals surface area contributed by atoms with Crippen LogP contribution in [0.4, 0.5) is 10.2 Å². The normalized spacial score (nSPS) is 15.1. The fourth-order valence-corrected chi connectivity index (χ4v) is 5.26. The highest BCUT2D eigenvalue weighted by Gasteiger charge is 2.23. The average molecular weight is 445 g/mol. The second-order valence-electron chi connectivity index (χ2n) is 8.00. The third-order valence-electron chi connectivity index (χ3n) is 5.98. The molecule has 1 saturated heterocycles. The first-order valence-corrected chi connectivity index (χ1v) is 11.5. The van der Waals surface area contributed by atoms with Crippen molar-refractivity contribution in [1.82, 2.24) is 24.3 Å². The molecule has 6 nitrogen and oxygen atoms in total. The van der Waals surface area contributed by atoms with Gasteiger partial charge in [0.2, 0.25) is 0 Å². The lowest BCUT2D eigenvalue weighted by molar-refractivity contribution is 0.247. The number of piperazine rings is 1. The Balaban J connectivity index is 1.23. The lowest BCUT2D eigenvalue weighted by atomic mass is 10.1. The number of hydrogen-bond acceptors (Lipinski definition) is 6. The molecule has 5 heterocycles. The number of aromatic nitrogens is 4. The number of hydrogen-bond donors (Lipinski definition) is 0. The Bertz CT molecular complexity index is 1350.